The molecule has 1 N–H and O–H groups in total. The van der Waals surface area contributed by atoms with Crippen LogP contribution >= 0.6 is 0 Å². The van der Waals surface area contributed by atoms with E-state index in [0.717, 1.165) is 0 Å². The highest BCUT2D eigenvalue weighted by atomic mass is 16.7. The second kappa shape index (κ2) is 7.84. The predicted molar refractivity (Wildman–Crippen MR) is 56.6 cm³/mol. The zero-order valence-electron chi connectivity index (χ0n) is 9.74. The lowest BCUT2D eigenvalue weighted by molar-refractivity contribution is -0.137. The van der Waals surface area contributed by atoms with Crippen molar-refractivity contribution in [2.75, 3.05) is 27.9 Å². The molecule has 6 heteroatoms. The minimum absolute atomic E-state index is 0.103. The van der Waals surface area contributed by atoms with Crippen molar-refractivity contribution in [2.24, 2.45) is 0 Å². The molecule has 0 aromatic carbocycles. The molecule has 6 nitrogen and oxygen atoms in total. The highest BCUT2D eigenvalue weighted by Crippen LogP contribution is 2.00. The maximum atomic E-state index is 11.3. The highest BCUT2D eigenvalue weighted by molar-refractivity contribution is 5.94. The summed E-state index contributed by atoms with van der Waals surface area (Å²) in [6, 6.07) is 0. The van der Waals surface area contributed by atoms with Crippen LogP contribution in [-0.4, -0.2) is 46.0 Å². The third-order valence-corrected chi connectivity index (χ3v) is 1.84. The number of hydrogen-bond acceptors (Lipinski definition) is 5. The van der Waals surface area contributed by atoms with Crippen LogP contribution in [0.5, 0.6) is 0 Å². The van der Waals surface area contributed by atoms with Crippen molar-refractivity contribution in [1.29, 1.82) is 0 Å². The van der Waals surface area contributed by atoms with Gasteiger partial charge in [-0.25, -0.2) is 4.79 Å². The number of ether oxygens (including phenoxy) is 3. The molecule has 0 aliphatic heterocycles. The lowest BCUT2D eigenvalue weighted by Crippen LogP contribution is -2.34. The Balaban J connectivity index is 3.91. The minimum atomic E-state index is -0.592. The van der Waals surface area contributed by atoms with Gasteiger partial charge in [0, 0.05) is 19.8 Å². The molecule has 92 valence electrons. The fraction of sp³-hybridized carbons (Fsp3) is 0.600. The largest absolute Gasteiger partial charge is 0.466 e. The molecule has 0 aliphatic rings. The summed E-state index contributed by atoms with van der Waals surface area (Å²) >= 11 is 0. The molecule has 1 amide bonds. The first-order valence-electron chi connectivity index (χ1n) is 4.63. The Morgan fingerprint density at radius 2 is 1.81 bits per heavy atom. The summed E-state index contributed by atoms with van der Waals surface area (Å²) in [6.45, 7) is 3.64. The Morgan fingerprint density at radius 3 is 2.25 bits per heavy atom. The van der Waals surface area contributed by atoms with Crippen LogP contribution in [0, 0.1) is 0 Å². The molecule has 0 bridgehead atoms. The second-order valence-corrected chi connectivity index (χ2v) is 2.98. The molecular formula is C10H17NO5. The van der Waals surface area contributed by atoms with Gasteiger partial charge in [0.15, 0.2) is 6.29 Å². The van der Waals surface area contributed by atoms with Gasteiger partial charge in [-0.1, -0.05) is 6.58 Å². The summed E-state index contributed by atoms with van der Waals surface area (Å²) in [6.07, 6.45) is -0.609. The highest BCUT2D eigenvalue weighted by Gasteiger charge is 2.13. The van der Waals surface area contributed by atoms with Crippen molar-refractivity contribution in [1.82, 2.24) is 5.32 Å². The van der Waals surface area contributed by atoms with Gasteiger partial charge in [0.25, 0.3) is 0 Å². The lowest BCUT2D eigenvalue weighted by Gasteiger charge is -2.14. The van der Waals surface area contributed by atoms with E-state index in [1.54, 1.807) is 0 Å². The van der Waals surface area contributed by atoms with E-state index in [0.29, 0.717) is 0 Å². The molecule has 0 saturated heterocycles. The van der Waals surface area contributed by atoms with Gasteiger partial charge in [0.05, 0.1) is 20.1 Å². The number of esters is 1. The Morgan fingerprint density at radius 1 is 1.25 bits per heavy atom. The summed E-state index contributed by atoms with van der Waals surface area (Å²) in [5.41, 5.74) is 0.103. The zero-order valence-corrected chi connectivity index (χ0v) is 9.74. The van der Waals surface area contributed by atoms with Gasteiger partial charge in [0.2, 0.25) is 5.91 Å². The molecular weight excluding hydrogens is 214 g/mol. The molecule has 0 saturated carbocycles. The van der Waals surface area contributed by atoms with Crippen molar-refractivity contribution in [3.63, 3.8) is 0 Å². The number of hydrogen-bond donors (Lipinski definition) is 1. The first-order chi connectivity index (χ1) is 7.54. The van der Waals surface area contributed by atoms with Gasteiger partial charge in [-0.15, -0.1) is 0 Å². The number of methoxy groups -OCH3 is 3. The average molecular weight is 231 g/mol. The number of carbonyl (C=O) groups excluding carboxylic acids is 2. The Kier molecular flexibility index (Phi) is 7.15. The SMILES string of the molecule is C=C(CC(=O)NCC(OC)OC)C(=O)OC. The third kappa shape index (κ3) is 5.47. The third-order valence-electron chi connectivity index (χ3n) is 1.84. The van der Waals surface area contributed by atoms with E-state index in [1.807, 2.05) is 0 Å². The van der Waals surface area contributed by atoms with Gasteiger partial charge < -0.3 is 19.5 Å². The average Bonchev–Trinajstić information content (AvgIpc) is 2.29. The minimum Gasteiger partial charge on any atom is -0.466 e. The number of nitrogens with one attached hydrogen (secondary N) is 1. The van der Waals surface area contributed by atoms with Crippen molar-refractivity contribution < 1.29 is 23.8 Å². The summed E-state index contributed by atoms with van der Waals surface area (Å²) in [7, 11) is 4.17. The number of carbonyl (C=O) groups is 2. The van der Waals surface area contributed by atoms with Gasteiger partial charge in [-0.3, -0.25) is 4.79 Å². The van der Waals surface area contributed by atoms with Crippen LogP contribution in [0.3, 0.4) is 0 Å². The van der Waals surface area contributed by atoms with Crippen molar-refractivity contribution in [3.05, 3.63) is 12.2 Å². The van der Waals surface area contributed by atoms with Crippen molar-refractivity contribution >= 4 is 11.9 Å². The maximum Gasteiger partial charge on any atom is 0.333 e. The van der Waals surface area contributed by atoms with Crippen molar-refractivity contribution in [2.45, 2.75) is 12.7 Å². The monoisotopic (exact) mass is 231 g/mol. The lowest BCUT2D eigenvalue weighted by atomic mass is 10.2. The van der Waals surface area contributed by atoms with Crippen LogP contribution < -0.4 is 5.32 Å². The van der Waals surface area contributed by atoms with Gasteiger partial charge in [-0.2, -0.15) is 0 Å². The summed E-state index contributed by atoms with van der Waals surface area (Å²) < 4.78 is 14.2. The molecule has 0 fully saturated rings. The summed E-state index contributed by atoms with van der Waals surface area (Å²) in [5.74, 6) is -0.931. The Bertz CT molecular complexity index is 260. The first-order valence-corrected chi connectivity index (χ1v) is 4.63. The predicted octanol–water partition coefficient (Wildman–Crippen LogP) is -0.159. The van der Waals surface area contributed by atoms with Gasteiger partial charge in [-0.05, 0) is 0 Å². The molecule has 0 rings (SSSR count). The fourth-order valence-electron chi connectivity index (χ4n) is 0.933. The van der Waals surface area contributed by atoms with Crippen LogP contribution in [0.2, 0.25) is 0 Å². The Labute approximate surface area is 94.5 Å². The second-order valence-electron chi connectivity index (χ2n) is 2.98. The van der Waals surface area contributed by atoms with Gasteiger partial charge >= 0.3 is 5.97 Å². The van der Waals surface area contributed by atoms with E-state index in [1.165, 1.54) is 21.3 Å². The maximum absolute atomic E-state index is 11.3. The van der Waals surface area contributed by atoms with E-state index >= 15 is 0 Å². The fourth-order valence-corrected chi connectivity index (χ4v) is 0.933. The number of rotatable bonds is 7. The molecule has 0 heterocycles. The summed E-state index contributed by atoms with van der Waals surface area (Å²) in [5, 5.41) is 2.54. The van der Waals surface area contributed by atoms with E-state index < -0.39 is 12.3 Å². The standard InChI is InChI=1S/C10H17NO5/c1-7(10(13)16-4)5-8(12)11-6-9(14-2)15-3/h9H,1,5-6H2,2-4H3,(H,11,12). The van der Waals surface area contributed by atoms with Crippen LogP contribution in [0.15, 0.2) is 12.2 Å². The normalized spacial score (nSPS) is 10.0. The number of amides is 1. The molecule has 0 aromatic heterocycles. The molecule has 0 unspecified atom stereocenters. The van der Waals surface area contributed by atoms with E-state index in [-0.39, 0.29) is 24.4 Å². The van der Waals surface area contributed by atoms with Gasteiger partial charge in [0.1, 0.15) is 0 Å². The zero-order chi connectivity index (χ0) is 12.6. The van der Waals surface area contributed by atoms with Crippen LogP contribution in [0.25, 0.3) is 0 Å². The van der Waals surface area contributed by atoms with E-state index in [9.17, 15) is 9.59 Å². The molecule has 0 aliphatic carbocycles. The molecule has 0 atom stereocenters. The van der Waals surface area contributed by atoms with E-state index in [4.69, 9.17) is 9.47 Å². The van der Waals surface area contributed by atoms with E-state index in [2.05, 4.69) is 16.6 Å². The molecule has 0 spiro atoms. The smallest absolute Gasteiger partial charge is 0.333 e. The molecule has 0 radical (unpaired) electrons. The van der Waals surface area contributed by atoms with Crippen LogP contribution in [-0.2, 0) is 23.8 Å². The quantitative estimate of drug-likeness (QED) is 0.374. The topological polar surface area (TPSA) is 73.9 Å². The molecule has 0 aromatic rings. The van der Waals surface area contributed by atoms with Crippen LogP contribution in [0.4, 0.5) is 0 Å². The van der Waals surface area contributed by atoms with Crippen molar-refractivity contribution in [3.8, 4) is 0 Å². The molecule has 16 heavy (non-hydrogen) atoms. The first kappa shape index (κ1) is 14.6. The summed E-state index contributed by atoms with van der Waals surface area (Å²) in [4.78, 5) is 22.3. The Hall–Kier alpha value is -1.40. The van der Waals surface area contributed by atoms with Crippen LogP contribution in [0.1, 0.15) is 6.42 Å².